The molecule has 0 heterocycles. The Morgan fingerprint density at radius 2 is 1.20 bits per heavy atom. The third kappa shape index (κ3) is 4.03. The van der Waals surface area contributed by atoms with Crippen molar-refractivity contribution in [2.24, 2.45) is 0 Å². The van der Waals surface area contributed by atoms with Crippen LogP contribution in [0.5, 0.6) is 11.5 Å². The molecule has 0 aliphatic carbocycles. The summed E-state index contributed by atoms with van der Waals surface area (Å²) in [6, 6.07) is 27.5. The summed E-state index contributed by atoms with van der Waals surface area (Å²) in [5.41, 5.74) is 0. The molecule has 0 atom stereocenters. The van der Waals surface area contributed by atoms with E-state index in [4.69, 9.17) is 9.47 Å². The molecule has 0 N–H and O–H groups in total. The third-order valence-corrected chi connectivity index (χ3v) is 6.28. The van der Waals surface area contributed by atoms with Crippen molar-refractivity contribution in [2.45, 2.75) is 13.8 Å². The predicted molar refractivity (Wildman–Crippen MR) is 107 cm³/mol. The van der Waals surface area contributed by atoms with Gasteiger partial charge < -0.3 is 9.47 Å². The van der Waals surface area contributed by atoms with Crippen molar-refractivity contribution in [1.82, 2.24) is 0 Å². The van der Waals surface area contributed by atoms with Gasteiger partial charge >= 0.3 is 0 Å². The van der Waals surface area contributed by atoms with Gasteiger partial charge in [0.05, 0.1) is 13.2 Å². The van der Waals surface area contributed by atoms with E-state index in [9.17, 15) is 0 Å². The maximum absolute atomic E-state index is 6.04. The molecule has 128 valence electrons. The van der Waals surface area contributed by atoms with Gasteiger partial charge in [0.1, 0.15) is 0 Å². The highest BCUT2D eigenvalue weighted by Gasteiger charge is 2.22. The fourth-order valence-electron chi connectivity index (χ4n) is 2.82. The standard InChI is InChI=1S/C22H23O2P/c1-3-23-20-16-11-17-21(22(20)24-4-2)25(18-12-7-5-8-13-18)19-14-9-6-10-15-19/h5-17H,3-4H2,1-2H3. The second kappa shape index (κ2) is 8.69. The molecule has 0 spiro atoms. The molecule has 3 aromatic carbocycles. The molecular formula is C22H23O2P. The minimum absolute atomic E-state index is 0.615. The molecule has 0 fully saturated rings. The van der Waals surface area contributed by atoms with Crippen molar-refractivity contribution in [1.29, 1.82) is 0 Å². The van der Waals surface area contributed by atoms with E-state index in [2.05, 4.69) is 72.8 Å². The number of hydrogen-bond donors (Lipinski definition) is 0. The van der Waals surface area contributed by atoms with Crippen molar-refractivity contribution in [3.8, 4) is 11.5 Å². The smallest absolute Gasteiger partial charge is 0.169 e. The lowest BCUT2D eigenvalue weighted by Crippen LogP contribution is -2.22. The van der Waals surface area contributed by atoms with Gasteiger partial charge in [-0.25, -0.2) is 0 Å². The van der Waals surface area contributed by atoms with Gasteiger partial charge in [-0.15, -0.1) is 0 Å². The molecule has 0 saturated carbocycles. The molecule has 3 heteroatoms. The summed E-state index contributed by atoms with van der Waals surface area (Å²) in [4.78, 5) is 0. The summed E-state index contributed by atoms with van der Waals surface area (Å²) < 4.78 is 11.9. The highest BCUT2D eigenvalue weighted by Crippen LogP contribution is 2.40. The van der Waals surface area contributed by atoms with Crippen molar-refractivity contribution >= 4 is 23.8 Å². The summed E-state index contributed by atoms with van der Waals surface area (Å²) in [5, 5.41) is 3.80. The first-order chi connectivity index (χ1) is 12.3. The summed E-state index contributed by atoms with van der Waals surface area (Å²) in [5.74, 6) is 1.69. The average Bonchev–Trinajstić information content (AvgIpc) is 2.66. The molecule has 0 bridgehead atoms. The fourth-order valence-corrected chi connectivity index (χ4v) is 5.23. The zero-order valence-electron chi connectivity index (χ0n) is 14.7. The van der Waals surface area contributed by atoms with Crippen LogP contribution in [0.15, 0.2) is 78.9 Å². The Balaban J connectivity index is 2.18. The van der Waals surface area contributed by atoms with Gasteiger partial charge in [-0.1, -0.05) is 66.7 Å². The Morgan fingerprint density at radius 3 is 1.72 bits per heavy atom. The second-order valence-corrected chi connectivity index (χ2v) is 7.66. The Hall–Kier alpha value is -2.31. The van der Waals surface area contributed by atoms with Crippen LogP contribution in [0.25, 0.3) is 0 Å². The Bertz CT molecular complexity index is 748. The van der Waals surface area contributed by atoms with Crippen molar-refractivity contribution in [3.05, 3.63) is 78.9 Å². The lowest BCUT2D eigenvalue weighted by atomic mass is 10.3. The van der Waals surface area contributed by atoms with Crippen LogP contribution in [0, 0.1) is 0 Å². The minimum Gasteiger partial charge on any atom is -0.490 e. The van der Waals surface area contributed by atoms with E-state index in [0.717, 1.165) is 11.5 Å². The van der Waals surface area contributed by atoms with Crippen LogP contribution in [0.4, 0.5) is 0 Å². The van der Waals surface area contributed by atoms with Crippen LogP contribution >= 0.6 is 7.92 Å². The van der Waals surface area contributed by atoms with E-state index < -0.39 is 7.92 Å². The topological polar surface area (TPSA) is 18.5 Å². The number of hydrogen-bond acceptors (Lipinski definition) is 2. The summed E-state index contributed by atoms with van der Waals surface area (Å²) in [6.07, 6.45) is 0. The average molecular weight is 350 g/mol. The van der Waals surface area contributed by atoms with Gasteiger partial charge in [0.2, 0.25) is 0 Å². The first-order valence-corrected chi connectivity index (χ1v) is 9.98. The fraction of sp³-hybridized carbons (Fsp3) is 0.182. The Kier molecular flexibility index (Phi) is 6.09. The molecule has 0 radical (unpaired) electrons. The van der Waals surface area contributed by atoms with Gasteiger partial charge in [0.15, 0.2) is 11.5 Å². The minimum atomic E-state index is -0.710. The van der Waals surface area contributed by atoms with Gasteiger partial charge in [0, 0.05) is 5.30 Å². The van der Waals surface area contributed by atoms with Crippen LogP contribution < -0.4 is 25.4 Å². The summed E-state index contributed by atoms with van der Waals surface area (Å²) in [6.45, 7) is 5.25. The van der Waals surface area contributed by atoms with Gasteiger partial charge in [-0.2, -0.15) is 0 Å². The molecule has 2 nitrogen and oxygen atoms in total. The molecule has 0 aromatic heterocycles. The van der Waals surface area contributed by atoms with Crippen LogP contribution in [0.3, 0.4) is 0 Å². The zero-order chi connectivity index (χ0) is 17.5. The molecule has 0 aliphatic heterocycles. The lowest BCUT2D eigenvalue weighted by Gasteiger charge is -2.23. The summed E-state index contributed by atoms with van der Waals surface area (Å²) in [7, 11) is -0.710. The molecular weight excluding hydrogens is 327 g/mol. The quantitative estimate of drug-likeness (QED) is 0.593. The van der Waals surface area contributed by atoms with E-state index in [1.807, 2.05) is 19.9 Å². The van der Waals surface area contributed by atoms with Crippen LogP contribution in [-0.4, -0.2) is 13.2 Å². The first kappa shape index (κ1) is 17.5. The Labute approximate surface area is 151 Å². The normalized spacial score (nSPS) is 10.7. The summed E-state index contributed by atoms with van der Waals surface area (Å²) >= 11 is 0. The van der Waals surface area contributed by atoms with E-state index in [0.29, 0.717) is 13.2 Å². The molecule has 3 rings (SSSR count). The van der Waals surface area contributed by atoms with E-state index in [1.165, 1.54) is 15.9 Å². The van der Waals surface area contributed by atoms with Gasteiger partial charge in [-0.3, -0.25) is 0 Å². The van der Waals surface area contributed by atoms with E-state index in [1.54, 1.807) is 0 Å². The van der Waals surface area contributed by atoms with Crippen LogP contribution in [0.1, 0.15) is 13.8 Å². The molecule has 0 unspecified atom stereocenters. The Morgan fingerprint density at radius 1 is 0.640 bits per heavy atom. The van der Waals surface area contributed by atoms with Gasteiger partial charge in [0.25, 0.3) is 0 Å². The highest BCUT2D eigenvalue weighted by molar-refractivity contribution is 7.80. The largest absolute Gasteiger partial charge is 0.490 e. The highest BCUT2D eigenvalue weighted by atomic mass is 31.1. The third-order valence-electron chi connectivity index (χ3n) is 3.82. The van der Waals surface area contributed by atoms with Gasteiger partial charge in [-0.05, 0) is 44.5 Å². The number of rotatable bonds is 7. The molecule has 0 amide bonds. The van der Waals surface area contributed by atoms with Crippen molar-refractivity contribution < 1.29 is 9.47 Å². The molecule has 3 aromatic rings. The molecule has 0 saturated heterocycles. The van der Waals surface area contributed by atoms with Crippen molar-refractivity contribution in [2.75, 3.05) is 13.2 Å². The number of ether oxygens (including phenoxy) is 2. The molecule has 0 aliphatic rings. The number of benzene rings is 3. The SMILES string of the molecule is CCOc1cccc(P(c2ccccc2)c2ccccc2)c1OCC. The van der Waals surface area contributed by atoms with E-state index in [-0.39, 0.29) is 0 Å². The lowest BCUT2D eigenvalue weighted by molar-refractivity contribution is 0.290. The maximum atomic E-state index is 6.04. The van der Waals surface area contributed by atoms with Crippen molar-refractivity contribution in [3.63, 3.8) is 0 Å². The van der Waals surface area contributed by atoms with Crippen LogP contribution in [0.2, 0.25) is 0 Å². The van der Waals surface area contributed by atoms with Crippen LogP contribution in [-0.2, 0) is 0 Å². The molecule has 25 heavy (non-hydrogen) atoms. The predicted octanol–water partition coefficient (Wildman–Crippen LogP) is 4.24. The first-order valence-electron chi connectivity index (χ1n) is 8.64. The number of para-hydroxylation sites is 1. The monoisotopic (exact) mass is 350 g/mol. The van der Waals surface area contributed by atoms with E-state index >= 15 is 0 Å². The second-order valence-electron chi connectivity index (χ2n) is 5.48. The zero-order valence-corrected chi connectivity index (χ0v) is 15.6. The maximum Gasteiger partial charge on any atom is 0.169 e.